The van der Waals surface area contributed by atoms with Crippen molar-refractivity contribution >= 4 is 17.3 Å². The number of rotatable bonds is 4. The van der Waals surface area contributed by atoms with Gasteiger partial charge in [-0.15, -0.1) is 11.3 Å². The molecule has 0 saturated carbocycles. The second-order valence-electron chi connectivity index (χ2n) is 3.40. The van der Waals surface area contributed by atoms with Crippen LogP contribution in [0.3, 0.4) is 0 Å². The molecule has 2 rings (SSSR count). The van der Waals surface area contributed by atoms with Crippen LogP contribution in [0.1, 0.15) is 11.8 Å². The summed E-state index contributed by atoms with van der Waals surface area (Å²) in [6.07, 6.45) is -0.997. The van der Waals surface area contributed by atoms with Crippen LogP contribution in [0, 0.1) is 0 Å². The van der Waals surface area contributed by atoms with Crippen LogP contribution in [0.15, 0.2) is 35.7 Å². The molecule has 0 saturated heterocycles. The molecular formula is C12H11NO3S. The molecule has 1 aromatic heterocycles. The number of ether oxygens (including phenoxy) is 1. The van der Waals surface area contributed by atoms with Crippen molar-refractivity contribution in [3.05, 3.63) is 41.4 Å². The Morgan fingerprint density at radius 2 is 2.12 bits per heavy atom. The number of benzene rings is 1. The van der Waals surface area contributed by atoms with E-state index in [0.717, 1.165) is 10.6 Å². The zero-order valence-corrected chi connectivity index (χ0v) is 9.98. The Balaban J connectivity index is 2.30. The number of carboxylic acids is 1. The summed E-state index contributed by atoms with van der Waals surface area (Å²) in [5, 5.41) is 11.5. The van der Waals surface area contributed by atoms with E-state index in [0.29, 0.717) is 5.69 Å². The quantitative estimate of drug-likeness (QED) is 0.904. The van der Waals surface area contributed by atoms with Gasteiger partial charge in [0.05, 0.1) is 5.69 Å². The van der Waals surface area contributed by atoms with E-state index in [1.54, 1.807) is 5.38 Å². The summed E-state index contributed by atoms with van der Waals surface area (Å²) in [5.74, 6) is -1.03. The fourth-order valence-electron chi connectivity index (χ4n) is 1.47. The number of carbonyl (C=O) groups is 1. The van der Waals surface area contributed by atoms with Gasteiger partial charge >= 0.3 is 5.97 Å². The average Bonchev–Trinajstić information content (AvgIpc) is 2.80. The molecule has 0 aliphatic carbocycles. The van der Waals surface area contributed by atoms with Crippen molar-refractivity contribution in [2.45, 2.75) is 6.10 Å². The van der Waals surface area contributed by atoms with Gasteiger partial charge in [0.25, 0.3) is 0 Å². The number of hydrogen-bond donors (Lipinski definition) is 1. The lowest BCUT2D eigenvalue weighted by Gasteiger charge is -2.06. The largest absolute Gasteiger partial charge is 0.479 e. The maximum atomic E-state index is 10.9. The molecule has 0 aliphatic rings. The highest BCUT2D eigenvalue weighted by Gasteiger charge is 2.22. The first-order valence-corrected chi connectivity index (χ1v) is 5.87. The van der Waals surface area contributed by atoms with Gasteiger partial charge in [-0.1, -0.05) is 30.3 Å². The van der Waals surface area contributed by atoms with Crippen LogP contribution >= 0.6 is 11.3 Å². The van der Waals surface area contributed by atoms with E-state index in [4.69, 9.17) is 9.84 Å². The zero-order valence-electron chi connectivity index (χ0n) is 9.16. The van der Waals surface area contributed by atoms with Crippen LogP contribution in [0.4, 0.5) is 0 Å². The second kappa shape index (κ2) is 5.07. The molecule has 0 bridgehead atoms. The molecule has 5 heteroatoms. The van der Waals surface area contributed by atoms with Crippen molar-refractivity contribution in [2.24, 2.45) is 0 Å². The Morgan fingerprint density at radius 1 is 1.41 bits per heavy atom. The fourth-order valence-corrected chi connectivity index (χ4v) is 2.31. The lowest BCUT2D eigenvalue weighted by molar-refractivity contribution is -0.149. The summed E-state index contributed by atoms with van der Waals surface area (Å²) < 4.78 is 4.89. The number of methoxy groups -OCH3 is 1. The van der Waals surface area contributed by atoms with E-state index in [2.05, 4.69) is 4.98 Å². The molecule has 2 aromatic rings. The number of nitrogens with zero attached hydrogens (tertiary/aromatic N) is 1. The lowest BCUT2D eigenvalue weighted by atomic mass is 10.2. The van der Waals surface area contributed by atoms with E-state index in [1.165, 1.54) is 18.4 Å². The van der Waals surface area contributed by atoms with Crippen LogP contribution in [0.25, 0.3) is 10.6 Å². The van der Waals surface area contributed by atoms with Gasteiger partial charge in [-0.3, -0.25) is 0 Å². The zero-order chi connectivity index (χ0) is 12.3. The molecule has 0 fully saturated rings. The molecule has 1 N–H and O–H groups in total. The van der Waals surface area contributed by atoms with Gasteiger partial charge in [0.2, 0.25) is 0 Å². The average molecular weight is 249 g/mol. The SMILES string of the molecule is COC(C(=O)O)c1csc(-c2ccccc2)n1. The van der Waals surface area contributed by atoms with Crippen LogP contribution in [0.5, 0.6) is 0 Å². The topological polar surface area (TPSA) is 59.4 Å². The molecule has 0 radical (unpaired) electrons. The standard InChI is InChI=1S/C12H11NO3S/c1-16-10(12(14)15)9-7-17-11(13-9)8-5-3-2-4-6-8/h2-7,10H,1H3,(H,14,15). The van der Waals surface area contributed by atoms with Gasteiger partial charge in [-0.2, -0.15) is 0 Å². The van der Waals surface area contributed by atoms with Crippen LogP contribution in [0.2, 0.25) is 0 Å². The van der Waals surface area contributed by atoms with E-state index in [1.807, 2.05) is 30.3 Å². The van der Waals surface area contributed by atoms with E-state index < -0.39 is 12.1 Å². The number of aliphatic carboxylic acids is 1. The van der Waals surface area contributed by atoms with Crippen molar-refractivity contribution in [1.82, 2.24) is 4.98 Å². The Hall–Kier alpha value is -1.72. The minimum absolute atomic E-state index is 0.434. The molecule has 0 spiro atoms. The summed E-state index contributed by atoms with van der Waals surface area (Å²) in [4.78, 5) is 15.2. The molecule has 0 aliphatic heterocycles. The van der Waals surface area contributed by atoms with E-state index in [9.17, 15) is 4.79 Å². The first-order valence-electron chi connectivity index (χ1n) is 4.99. The third-order valence-corrected chi connectivity index (χ3v) is 3.18. The summed E-state index contributed by atoms with van der Waals surface area (Å²) >= 11 is 1.41. The predicted octanol–water partition coefficient (Wildman–Crippen LogP) is 2.58. The van der Waals surface area contributed by atoms with Crippen molar-refractivity contribution in [3.63, 3.8) is 0 Å². The Labute approximate surface area is 103 Å². The molecule has 17 heavy (non-hydrogen) atoms. The van der Waals surface area contributed by atoms with Crippen LogP contribution < -0.4 is 0 Å². The molecule has 0 amide bonds. The van der Waals surface area contributed by atoms with Crippen molar-refractivity contribution in [1.29, 1.82) is 0 Å². The normalized spacial score (nSPS) is 12.3. The lowest BCUT2D eigenvalue weighted by Crippen LogP contribution is -2.13. The molecule has 1 aromatic carbocycles. The van der Waals surface area contributed by atoms with Crippen LogP contribution in [-0.2, 0) is 9.53 Å². The first-order chi connectivity index (χ1) is 8.22. The van der Waals surface area contributed by atoms with Gasteiger partial charge in [0.15, 0.2) is 6.10 Å². The van der Waals surface area contributed by atoms with Crippen molar-refractivity contribution < 1.29 is 14.6 Å². The number of thiazole rings is 1. The number of aromatic nitrogens is 1. The summed E-state index contributed by atoms with van der Waals surface area (Å²) in [7, 11) is 1.36. The molecular weight excluding hydrogens is 238 g/mol. The monoisotopic (exact) mass is 249 g/mol. The molecule has 1 unspecified atom stereocenters. The van der Waals surface area contributed by atoms with Crippen LogP contribution in [-0.4, -0.2) is 23.2 Å². The molecule has 88 valence electrons. The van der Waals surface area contributed by atoms with Crippen molar-refractivity contribution in [3.8, 4) is 10.6 Å². The second-order valence-corrected chi connectivity index (χ2v) is 4.26. The Morgan fingerprint density at radius 3 is 2.71 bits per heavy atom. The van der Waals surface area contributed by atoms with Gasteiger partial charge in [-0.25, -0.2) is 9.78 Å². The highest BCUT2D eigenvalue weighted by Crippen LogP contribution is 2.27. The third kappa shape index (κ3) is 2.51. The maximum absolute atomic E-state index is 10.9. The summed E-state index contributed by atoms with van der Waals surface area (Å²) in [6, 6.07) is 9.63. The molecule has 1 heterocycles. The van der Waals surface area contributed by atoms with Gasteiger partial charge < -0.3 is 9.84 Å². The minimum atomic E-state index is -1.03. The summed E-state index contributed by atoms with van der Waals surface area (Å²) in [6.45, 7) is 0. The minimum Gasteiger partial charge on any atom is -0.479 e. The fraction of sp³-hybridized carbons (Fsp3) is 0.167. The van der Waals surface area contributed by atoms with Gasteiger partial charge in [0.1, 0.15) is 5.01 Å². The van der Waals surface area contributed by atoms with E-state index >= 15 is 0 Å². The number of carboxylic acid groups (broad SMARTS) is 1. The highest BCUT2D eigenvalue weighted by atomic mass is 32.1. The van der Waals surface area contributed by atoms with Gasteiger partial charge in [-0.05, 0) is 0 Å². The Bertz CT molecular complexity index is 509. The summed E-state index contributed by atoms with van der Waals surface area (Å²) in [5.41, 5.74) is 1.41. The van der Waals surface area contributed by atoms with Crippen molar-refractivity contribution in [2.75, 3.05) is 7.11 Å². The Kier molecular flexibility index (Phi) is 3.51. The third-order valence-electron chi connectivity index (χ3n) is 2.27. The molecule has 1 atom stereocenters. The molecule has 4 nitrogen and oxygen atoms in total. The van der Waals surface area contributed by atoms with E-state index in [-0.39, 0.29) is 0 Å². The smallest absolute Gasteiger partial charge is 0.339 e. The number of hydrogen-bond acceptors (Lipinski definition) is 4. The first kappa shape index (κ1) is 11.8. The predicted molar refractivity (Wildman–Crippen MR) is 64.9 cm³/mol. The maximum Gasteiger partial charge on any atom is 0.339 e. The highest BCUT2D eigenvalue weighted by molar-refractivity contribution is 7.13. The van der Waals surface area contributed by atoms with Gasteiger partial charge in [0, 0.05) is 18.1 Å².